The number of nitrogens with two attached hydrogens (primary N) is 2. The number of likely N-dealkylation sites (tertiary alicyclic amines) is 3. The predicted octanol–water partition coefficient (Wildman–Crippen LogP) is 5.35. The second-order valence-corrected chi connectivity index (χ2v) is 21.1. The number of carbonyl (C=O) groups excluding carboxylic acids is 3. The van der Waals surface area contributed by atoms with E-state index in [1.54, 1.807) is 29.5 Å². The Kier molecular flexibility index (Phi) is 14.6. The van der Waals surface area contributed by atoms with Gasteiger partial charge in [-0.1, -0.05) is 57.2 Å². The van der Waals surface area contributed by atoms with Crippen LogP contribution in [0.3, 0.4) is 0 Å². The van der Waals surface area contributed by atoms with E-state index in [1.165, 1.54) is 4.90 Å². The number of aromatic hydroxyl groups is 1. The zero-order chi connectivity index (χ0) is 47.6. The molecule has 4 fully saturated rings. The minimum atomic E-state index is -0.887. The fourth-order valence-corrected chi connectivity index (χ4v) is 10.6. The van der Waals surface area contributed by atoms with Crippen molar-refractivity contribution in [3.63, 3.8) is 0 Å². The molecule has 3 aliphatic heterocycles. The molecule has 3 saturated heterocycles. The van der Waals surface area contributed by atoms with Crippen molar-refractivity contribution in [1.82, 2.24) is 40.1 Å². The number of anilines is 2. The Hall–Kier alpha value is -5.49. The van der Waals surface area contributed by atoms with E-state index in [1.807, 2.05) is 81.2 Å². The van der Waals surface area contributed by atoms with Crippen molar-refractivity contribution in [3.8, 4) is 16.2 Å². The molecule has 17 heteroatoms. The molecule has 0 radical (unpaired) electrons. The second kappa shape index (κ2) is 20.4. The van der Waals surface area contributed by atoms with Crippen molar-refractivity contribution in [3.05, 3.63) is 76.6 Å². The number of para-hydroxylation sites is 1. The number of phenols is 1. The summed E-state index contributed by atoms with van der Waals surface area (Å²) in [7, 11) is 0. The number of aryl methyl sites for hydroxylation is 1. The van der Waals surface area contributed by atoms with Crippen molar-refractivity contribution in [2.45, 2.75) is 116 Å². The summed E-state index contributed by atoms with van der Waals surface area (Å²) in [5.41, 5.74) is 19.7. The summed E-state index contributed by atoms with van der Waals surface area (Å²) in [6, 6.07) is 13.5. The normalized spacial score (nSPS) is 21.3. The number of nitrogens with zero attached hydrogens (tertiary/aromatic N) is 6. The van der Waals surface area contributed by atoms with Crippen molar-refractivity contribution in [2.24, 2.45) is 17.1 Å². The highest BCUT2D eigenvalue weighted by Gasteiger charge is 2.45. The van der Waals surface area contributed by atoms with Gasteiger partial charge in [0.1, 0.15) is 23.5 Å². The zero-order valence-corrected chi connectivity index (χ0v) is 40.4. The van der Waals surface area contributed by atoms with Crippen LogP contribution in [0.1, 0.15) is 107 Å². The molecule has 2 aromatic carbocycles. The summed E-state index contributed by atoms with van der Waals surface area (Å²) in [4.78, 5) is 53.3. The summed E-state index contributed by atoms with van der Waals surface area (Å²) in [5.74, 6) is 0.378. The molecule has 67 heavy (non-hydrogen) atoms. The topological polar surface area (TPSA) is 220 Å². The average molecular weight is 936 g/mol. The number of phenolic OH excluding ortho intramolecular Hbond substituents is 1. The third-order valence-electron chi connectivity index (χ3n) is 14.0. The minimum absolute atomic E-state index is 0.0207. The molecule has 4 atom stereocenters. The number of hydrogen-bond acceptors (Lipinski definition) is 13. The highest BCUT2D eigenvalue weighted by atomic mass is 32.1. The number of β-amino-alcohol motifs (C(OH)–C–C–N with tert-alkyl or cyclic N) is 1. The van der Waals surface area contributed by atoms with E-state index in [4.69, 9.17) is 16.6 Å². The van der Waals surface area contributed by atoms with Crippen LogP contribution in [0.4, 0.5) is 11.5 Å². The molecule has 0 unspecified atom stereocenters. The first-order chi connectivity index (χ1) is 32.0. The lowest BCUT2D eigenvalue weighted by atomic mass is 9.85. The Morgan fingerprint density at radius 1 is 0.955 bits per heavy atom. The second-order valence-electron chi connectivity index (χ2n) is 20.3. The minimum Gasteiger partial charge on any atom is -0.507 e. The lowest BCUT2D eigenvalue weighted by molar-refractivity contribution is -0.144. The van der Waals surface area contributed by atoms with E-state index >= 15 is 0 Å². The fourth-order valence-electron chi connectivity index (χ4n) is 9.82. The Balaban J connectivity index is 0.813. The summed E-state index contributed by atoms with van der Waals surface area (Å²) in [6.45, 7) is 14.2. The molecule has 360 valence electrons. The largest absolute Gasteiger partial charge is 0.507 e. The molecule has 8 rings (SSSR count). The summed E-state index contributed by atoms with van der Waals surface area (Å²) >= 11 is 1.59. The smallest absolute Gasteiger partial charge is 0.246 e. The van der Waals surface area contributed by atoms with Gasteiger partial charge in [0.15, 0.2) is 5.82 Å². The molecule has 3 amide bonds. The predicted molar refractivity (Wildman–Crippen MR) is 264 cm³/mol. The molecule has 0 bridgehead atoms. The number of benzene rings is 2. The van der Waals surface area contributed by atoms with E-state index in [0.717, 1.165) is 98.6 Å². The Morgan fingerprint density at radius 3 is 2.28 bits per heavy atom. The Labute approximate surface area is 398 Å². The molecular weight excluding hydrogens is 867 g/mol. The van der Waals surface area contributed by atoms with Gasteiger partial charge in [-0.05, 0) is 106 Å². The standard InChI is InChI=1S/C50H69N11O5S/c1-30(33-10-12-34(13-11-33)45-31(2)53-29-67-45)54-48(65)41-24-37(62)27-60(41)49(66)46(50(3,4)5)56-43(64)28-59-20-16-32(17-21-59)26-58-22-18-36(19-23-58)61-40(44(52)47(57-61)55-35-14-15-35)25-39(51)38-8-6-7-9-42(38)63/h6-13,25,29-30,32,35-37,41,46,62-63H,14-24,26-28,51-52H2,1-5H3,(H,54,65)(H,55,57)(H,56,64)/b39-25-/t30-,37+,41-,46+/m0/s1. The van der Waals surface area contributed by atoms with E-state index in [0.29, 0.717) is 34.7 Å². The van der Waals surface area contributed by atoms with Gasteiger partial charge in [-0.25, -0.2) is 4.98 Å². The van der Waals surface area contributed by atoms with Gasteiger partial charge in [-0.3, -0.25) is 24.0 Å². The van der Waals surface area contributed by atoms with E-state index in [-0.39, 0.29) is 55.1 Å². The molecule has 16 nitrogen and oxygen atoms in total. The van der Waals surface area contributed by atoms with Crippen LogP contribution in [0.25, 0.3) is 22.2 Å². The lowest BCUT2D eigenvalue weighted by Crippen LogP contribution is -2.59. The summed E-state index contributed by atoms with van der Waals surface area (Å²) in [5, 5.41) is 35.8. The maximum atomic E-state index is 14.3. The van der Waals surface area contributed by atoms with Crippen molar-refractivity contribution in [1.29, 1.82) is 0 Å². The van der Waals surface area contributed by atoms with Crippen molar-refractivity contribution in [2.75, 3.05) is 56.9 Å². The molecule has 4 aliphatic rings. The van der Waals surface area contributed by atoms with Crippen LogP contribution >= 0.6 is 11.3 Å². The number of carbonyl (C=O) groups is 3. The average Bonchev–Trinajstić information content (AvgIpc) is 3.75. The van der Waals surface area contributed by atoms with Crippen LogP contribution in [0.5, 0.6) is 5.75 Å². The number of nitrogen functional groups attached to an aromatic ring is 1. The molecule has 1 saturated carbocycles. The van der Waals surface area contributed by atoms with E-state index in [9.17, 15) is 24.6 Å². The first-order valence-corrected chi connectivity index (χ1v) is 24.8. The molecule has 4 aromatic rings. The molecule has 5 heterocycles. The van der Waals surface area contributed by atoms with Gasteiger partial charge in [0.25, 0.3) is 0 Å². The highest BCUT2D eigenvalue weighted by molar-refractivity contribution is 7.13. The number of rotatable bonds is 15. The molecular formula is C50H69N11O5S. The van der Waals surface area contributed by atoms with Gasteiger partial charge >= 0.3 is 0 Å². The number of thiazole rings is 1. The number of aliphatic hydroxyl groups is 1. The number of hydrogen-bond donors (Lipinski definition) is 7. The van der Waals surface area contributed by atoms with Gasteiger partial charge in [0, 0.05) is 49.9 Å². The Bertz CT molecular complexity index is 2410. The van der Waals surface area contributed by atoms with Gasteiger partial charge < -0.3 is 47.4 Å². The third-order valence-corrected chi connectivity index (χ3v) is 14.9. The lowest BCUT2D eigenvalue weighted by Gasteiger charge is -2.38. The van der Waals surface area contributed by atoms with Crippen molar-refractivity contribution >= 4 is 52.3 Å². The maximum Gasteiger partial charge on any atom is 0.246 e. The van der Waals surface area contributed by atoms with Crippen LogP contribution in [-0.2, 0) is 14.4 Å². The van der Waals surface area contributed by atoms with E-state index < -0.39 is 23.6 Å². The van der Waals surface area contributed by atoms with Crippen LogP contribution in [-0.4, -0.2) is 127 Å². The third kappa shape index (κ3) is 11.4. The van der Waals surface area contributed by atoms with Gasteiger partial charge in [-0.2, -0.15) is 5.10 Å². The van der Waals surface area contributed by atoms with E-state index in [2.05, 4.69) is 30.7 Å². The SMILES string of the molecule is Cc1ncsc1-c1ccc([C@H](C)NC(=O)[C@@H]2C[C@@H](O)CN2C(=O)[C@@H](NC(=O)CN2CCC(CN3CCC(n4nc(NC5CC5)c(N)c4/C=C(\N)c4ccccc4O)CC3)CC2)C(C)(C)C)cc1. The molecule has 2 aromatic heterocycles. The number of amides is 3. The Morgan fingerprint density at radius 2 is 1.64 bits per heavy atom. The number of aliphatic hydroxyl groups excluding tert-OH is 1. The van der Waals surface area contributed by atoms with Gasteiger partial charge in [0.2, 0.25) is 17.7 Å². The first-order valence-electron chi connectivity index (χ1n) is 24.0. The van der Waals surface area contributed by atoms with Gasteiger partial charge in [0.05, 0.1) is 46.5 Å². The molecule has 9 N–H and O–H groups in total. The number of piperidine rings is 2. The summed E-state index contributed by atoms with van der Waals surface area (Å²) < 4.78 is 2.03. The highest BCUT2D eigenvalue weighted by Crippen LogP contribution is 2.36. The van der Waals surface area contributed by atoms with Crippen LogP contribution in [0.2, 0.25) is 0 Å². The van der Waals surface area contributed by atoms with Crippen LogP contribution in [0.15, 0.2) is 54.0 Å². The van der Waals surface area contributed by atoms with Crippen LogP contribution in [0, 0.1) is 18.3 Å². The quantitative estimate of drug-likeness (QED) is 0.0802. The maximum absolute atomic E-state index is 14.3. The van der Waals surface area contributed by atoms with Crippen molar-refractivity contribution < 1.29 is 24.6 Å². The fraction of sp³-hybridized carbons (Fsp3) is 0.540. The zero-order valence-electron chi connectivity index (χ0n) is 39.6. The van der Waals surface area contributed by atoms with Gasteiger partial charge in [-0.15, -0.1) is 11.3 Å². The molecule has 0 spiro atoms. The number of nitrogens with one attached hydrogen (secondary N) is 3. The number of aromatic nitrogens is 3. The monoisotopic (exact) mass is 936 g/mol. The molecule has 1 aliphatic carbocycles. The van der Waals surface area contributed by atoms with Crippen LogP contribution < -0.4 is 27.4 Å². The first kappa shape index (κ1) is 48.0. The summed E-state index contributed by atoms with van der Waals surface area (Å²) in [6.07, 6.45) is 7.08.